The molecule has 0 aliphatic carbocycles. The molecule has 0 aromatic heterocycles. The Kier molecular flexibility index (Phi) is 5.77. The summed E-state index contributed by atoms with van der Waals surface area (Å²) in [5.74, 6) is 0.295. The molecule has 0 aromatic carbocycles. The maximum atomic E-state index is 10.9. The van der Waals surface area contributed by atoms with Gasteiger partial charge in [-0.1, -0.05) is 6.92 Å². The van der Waals surface area contributed by atoms with E-state index in [1.54, 1.807) is 4.90 Å². The van der Waals surface area contributed by atoms with Crippen molar-refractivity contribution >= 4 is 5.97 Å². The van der Waals surface area contributed by atoms with E-state index in [0.717, 1.165) is 39.3 Å². The van der Waals surface area contributed by atoms with Gasteiger partial charge in [0.2, 0.25) is 0 Å². The fourth-order valence-corrected chi connectivity index (χ4v) is 2.30. The van der Waals surface area contributed by atoms with Crippen LogP contribution in [0.15, 0.2) is 0 Å². The SMILES string of the molecule is CCOCC[NH+]1CC[C@@H](OC(C)=O)[C@H](C)C1. The Balaban J connectivity index is 2.25. The molecule has 0 aromatic rings. The third-order valence-electron chi connectivity index (χ3n) is 3.15. The predicted octanol–water partition coefficient (Wildman–Crippen LogP) is -0.121. The summed E-state index contributed by atoms with van der Waals surface area (Å²) in [4.78, 5) is 12.5. The van der Waals surface area contributed by atoms with E-state index < -0.39 is 0 Å². The molecule has 0 saturated carbocycles. The van der Waals surface area contributed by atoms with Gasteiger partial charge >= 0.3 is 5.97 Å². The topological polar surface area (TPSA) is 40.0 Å². The molecule has 1 heterocycles. The van der Waals surface area contributed by atoms with E-state index in [1.807, 2.05) is 6.92 Å². The molecule has 1 aliphatic rings. The minimum absolute atomic E-state index is 0.119. The highest BCUT2D eigenvalue weighted by Crippen LogP contribution is 2.12. The van der Waals surface area contributed by atoms with Crippen LogP contribution < -0.4 is 4.90 Å². The number of piperidine rings is 1. The number of esters is 1. The van der Waals surface area contributed by atoms with Crippen molar-refractivity contribution in [2.45, 2.75) is 33.3 Å². The fourth-order valence-electron chi connectivity index (χ4n) is 2.30. The zero-order valence-electron chi connectivity index (χ0n) is 10.6. The first-order chi connectivity index (χ1) is 7.63. The average molecular weight is 230 g/mol. The number of hydrogen-bond donors (Lipinski definition) is 1. The first kappa shape index (κ1) is 13.5. The first-order valence-electron chi connectivity index (χ1n) is 6.22. The van der Waals surface area contributed by atoms with Crippen molar-refractivity contribution in [3.8, 4) is 0 Å². The fraction of sp³-hybridized carbons (Fsp3) is 0.917. The van der Waals surface area contributed by atoms with Crippen LogP contribution in [0.4, 0.5) is 0 Å². The summed E-state index contributed by atoms with van der Waals surface area (Å²) in [6.45, 7) is 10.5. The van der Waals surface area contributed by atoms with Crippen molar-refractivity contribution in [1.29, 1.82) is 0 Å². The van der Waals surface area contributed by atoms with Crippen LogP contribution >= 0.6 is 0 Å². The molecule has 1 unspecified atom stereocenters. The molecule has 4 heteroatoms. The quantitative estimate of drug-likeness (QED) is 0.529. The molecule has 1 fully saturated rings. The number of likely N-dealkylation sites (tertiary alicyclic amines) is 1. The van der Waals surface area contributed by atoms with Gasteiger partial charge in [0.1, 0.15) is 12.6 Å². The van der Waals surface area contributed by atoms with Gasteiger partial charge in [-0.25, -0.2) is 0 Å². The van der Waals surface area contributed by atoms with Crippen molar-refractivity contribution in [3.05, 3.63) is 0 Å². The van der Waals surface area contributed by atoms with Crippen LogP contribution in [0.1, 0.15) is 27.2 Å². The molecular formula is C12H24NO3+. The highest BCUT2D eigenvalue weighted by atomic mass is 16.5. The number of rotatable bonds is 5. The van der Waals surface area contributed by atoms with Crippen LogP contribution in [0, 0.1) is 5.92 Å². The lowest BCUT2D eigenvalue weighted by Gasteiger charge is -2.33. The van der Waals surface area contributed by atoms with Crippen LogP contribution in [0.5, 0.6) is 0 Å². The van der Waals surface area contributed by atoms with Gasteiger partial charge in [0.15, 0.2) is 0 Å². The summed E-state index contributed by atoms with van der Waals surface area (Å²) in [5.41, 5.74) is 0. The van der Waals surface area contributed by atoms with Gasteiger partial charge in [0.05, 0.1) is 19.7 Å². The van der Waals surface area contributed by atoms with Crippen LogP contribution in [-0.4, -0.2) is 44.9 Å². The number of ether oxygens (including phenoxy) is 2. The molecule has 1 N–H and O–H groups in total. The number of carbonyl (C=O) groups excluding carboxylic acids is 1. The van der Waals surface area contributed by atoms with Crippen LogP contribution in [0.2, 0.25) is 0 Å². The number of carbonyl (C=O) groups is 1. The molecule has 3 atom stereocenters. The van der Waals surface area contributed by atoms with Gasteiger partial charge < -0.3 is 14.4 Å². The number of quaternary nitrogens is 1. The largest absolute Gasteiger partial charge is 0.462 e. The second kappa shape index (κ2) is 6.86. The maximum absolute atomic E-state index is 10.9. The third kappa shape index (κ3) is 4.49. The highest BCUT2D eigenvalue weighted by molar-refractivity contribution is 5.66. The second-order valence-electron chi connectivity index (χ2n) is 4.56. The predicted molar refractivity (Wildman–Crippen MR) is 61.4 cm³/mol. The summed E-state index contributed by atoms with van der Waals surface area (Å²) in [6.07, 6.45) is 1.09. The molecule has 1 saturated heterocycles. The Morgan fingerprint density at radius 2 is 2.25 bits per heavy atom. The summed E-state index contributed by atoms with van der Waals surface area (Å²) in [6, 6.07) is 0. The summed E-state index contributed by atoms with van der Waals surface area (Å²) < 4.78 is 10.7. The summed E-state index contributed by atoms with van der Waals surface area (Å²) >= 11 is 0. The normalized spacial score (nSPS) is 30.1. The lowest BCUT2D eigenvalue weighted by Crippen LogP contribution is -3.14. The lowest BCUT2D eigenvalue weighted by molar-refractivity contribution is -0.910. The smallest absolute Gasteiger partial charge is 0.302 e. The number of nitrogens with one attached hydrogen (secondary N) is 1. The van der Waals surface area contributed by atoms with Gasteiger partial charge in [-0.05, 0) is 6.92 Å². The van der Waals surface area contributed by atoms with E-state index in [9.17, 15) is 4.79 Å². The molecule has 0 amide bonds. The Morgan fingerprint density at radius 3 is 2.81 bits per heavy atom. The van der Waals surface area contributed by atoms with Crippen molar-refractivity contribution in [1.82, 2.24) is 0 Å². The monoisotopic (exact) mass is 230 g/mol. The average Bonchev–Trinajstić information content (AvgIpc) is 2.22. The van der Waals surface area contributed by atoms with Gasteiger partial charge in [-0.15, -0.1) is 0 Å². The standard InChI is InChI=1S/C12H23NO3/c1-4-15-8-7-13-6-5-12(10(2)9-13)16-11(3)14/h10,12H,4-9H2,1-3H3/p+1/t10-,12-/m1/s1. The van der Waals surface area contributed by atoms with E-state index in [0.29, 0.717) is 5.92 Å². The zero-order chi connectivity index (χ0) is 12.0. The summed E-state index contributed by atoms with van der Waals surface area (Å²) in [5, 5.41) is 0. The van der Waals surface area contributed by atoms with Crippen molar-refractivity contribution in [2.24, 2.45) is 5.92 Å². The van der Waals surface area contributed by atoms with E-state index in [-0.39, 0.29) is 12.1 Å². The van der Waals surface area contributed by atoms with Crippen molar-refractivity contribution in [3.63, 3.8) is 0 Å². The molecule has 1 aliphatic heterocycles. The molecule has 0 bridgehead atoms. The van der Waals surface area contributed by atoms with Gasteiger partial charge in [-0.3, -0.25) is 4.79 Å². The van der Waals surface area contributed by atoms with E-state index >= 15 is 0 Å². The van der Waals surface area contributed by atoms with Gasteiger partial charge in [-0.2, -0.15) is 0 Å². The second-order valence-corrected chi connectivity index (χ2v) is 4.56. The Morgan fingerprint density at radius 1 is 1.50 bits per heavy atom. The van der Waals surface area contributed by atoms with E-state index in [4.69, 9.17) is 9.47 Å². The molecule has 1 rings (SSSR count). The summed E-state index contributed by atoms with van der Waals surface area (Å²) in [7, 11) is 0. The Hall–Kier alpha value is -0.610. The van der Waals surface area contributed by atoms with Crippen molar-refractivity contribution in [2.75, 3.05) is 32.8 Å². The highest BCUT2D eigenvalue weighted by Gasteiger charge is 2.30. The first-order valence-corrected chi connectivity index (χ1v) is 6.22. The number of hydrogen-bond acceptors (Lipinski definition) is 3. The lowest BCUT2D eigenvalue weighted by atomic mass is 9.96. The van der Waals surface area contributed by atoms with Crippen LogP contribution in [0.25, 0.3) is 0 Å². The maximum Gasteiger partial charge on any atom is 0.302 e. The van der Waals surface area contributed by atoms with Crippen LogP contribution in [0.3, 0.4) is 0 Å². The molecule has 94 valence electrons. The van der Waals surface area contributed by atoms with Crippen molar-refractivity contribution < 1.29 is 19.2 Å². The Bertz CT molecular complexity index is 220. The van der Waals surface area contributed by atoms with E-state index in [2.05, 4.69) is 6.92 Å². The molecule has 0 radical (unpaired) electrons. The zero-order valence-corrected chi connectivity index (χ0v) is 10.6. The van der Waals surface area contributed by atoms with Crippen LogP contribution in [-0.2, 0) is 14.3 Å². The molecule has 0 spiro atoms. The Labute approximate surface area is 97.9 Å². The minimum atomic E-state index is -0.158. The van der Waals surface area contributed by atoms with Gasteiger partial charge in [0, 0.05) is 25.9 Å². The molecular weight excluding hydrogens is 206 g/mol. The third-order valence-corrected chi connectivity index (χ3v) is 3.15. The molecule has 4 nitrogen and oxygen atoms in total. The van der Waals surface area contributed by atoms with E-state index in [1.165, 1.54) is 6.92 Å². The molecule has 16 heavy (non-hydrogen) atoms. The minimum Gasteiger partial charge on any atom is -0.462 e. The van der Waals surface area contributed by atoms with Gasteiger partial charge in [0.25, 0.3) is 0 Å².